The molecule has 2 aliphatic rings. The van der Waals surface area contributed by atoms with Crippen LogP contribution in [0.4, 0.5) is 18.9 Å². The van der Waals surface area contributed by atoms with Gasteiger partial charge < -0.3 is 14.5 Å². The molecule has 0 fully saturated rings. The molecule has 1 aromatic heterocycles. The molecule has 2 aliphatic heterocycles. The molecule has 3 aromatic rings. The first-order valence-electron chi connectivity index (χ1n) is 13.7. The van der Waals surface area contributed by atoms with Crippen LogP contribution in [-0.4, -0.2) is 55.1 Å². The number of ether oxygens (including phenoxy) is 1. The van der Waals surface area contributed by atoms with Crippen LogP contribution in [0, 0.1) is 0 Å². The van der Waals surface area contributed by atoms with Gasteiger partial charge in [0.15, 0.2) is 11.4 Å². The molecule has 0 N–H and O–H groups in total. The first kappa shape index (κ1) is 30.2. The van der Waals surface area contributed by atoms with Gasteiger partial charge in [-0.3, -0.25) is 19.3 Å². The number of aromatic nitrogens is 1. The van der Waals surface area contributed by atoms with E-state index in [2.05, 4.69) is 0 Å². The van der Waals surface area contributed by atoms with Gasteiger partial charge in [-0.25, -0.2) is 0 Å². The predicted molar refractivity (Wildman–Crippen MR) is 160 cm³/mol. The highest BCUT2D eigenvalue weighted by atomic mass is 35.5. The van der Waals surface area contributed by atoms with Crippen LogP contribution in [0.2, 0.25) is 5.02 Å². The Morgan fingerprint density at radius 1 is 1.14 bits per heavy atom. The maximum absolute atomic E-state index is 14.2. The summed E-state index contributed by atoms with van der Waals surface area (Å²) in [5.74, 6) is -0.653. The SMILES string of the molecule is CCCCOc1c2n(cc(Cl)c1=O)N([C@H]1c3ccccc3SCc3cccc(N(C)C)c31)CN([C@H](C)C(F)(F)F)C2=O. The minimum atomic E-state index is -4.70. The lowest BCUT2D eigenvalue weighted by Crippen LogP contribution is -2.60. The van der Waals surface area contributed by atoms with Gasteiger partial charge in [0.2, 0.25) is 5.43 Å². The molecule has 0 radical (unpaired) electrons. The van der Waals surface area contributed by atoms with Crippen molar-refractivity contribution in [2.45, 2.75) is 55.6 Å². The molecule has 1 amide bonds. The van der Waals surface area contributed by atoms with E-state index in [9.17, 15) is 22.8 Å². The van der Waals surface area contributed by atoms with Crippen molar-refractivity contribution in [1.29, 1.82) is 0 Å². The van der Waals surface area contributed by atoms with Crippen molar-refractivity contribution >= 4 is 35.0 Å². The third-order valence-electron chi connectivity index (χ3n) is 7.65. The molecule has 0 bridgehead atoms. The van der Waals surface area contributed by atoms with Gasteiger partial charge in [-0.1, -0.05) is 55.3 Å². The number of benzene rings is 2. The smallest absolute Gasteiger partial charge is 0.408 e. The van der Waals surface area contributed by atoms with Gasteiger partial charge in [-0.15, -0.1) is 11.8 Å². The third-order valence-corrected chi connectivity index (χ3v) is 9.06. The first-order chi connectivity index (χ1) is 20.0. The van der Waals surface area contributed by atoms with E-state index in [1.54, 1.807) is 16.8 Å². The second-order valence-corrected chi connectivity index (χ2v) is 12.0. The molecule has 2 aromatic carbocycles. The van der Waals surface area contributed by atoms with Crippen molar-refractivity contribution in [2.24, 2.45) is 0 Å². The van der Waals surface area contributed by atoms with Crippen molar-refractivity contribution < 1.29 is 22.7 Å². The standard InChI is InChI=1S/C30H32ClF3N4O3S/c1-5-6-14-41-28-26-29(40)36(18(2)30(32,33)34)17-38(37(26)15-21(31)27(28)39)25-20-11-7-8-13-23(20)42-16-19-10-9-12-22(24(19)25)35(3)4/h7-13,15,18,25H,5-6,14,16-17H2,1-4H3/t18-,25+/m1/s1. The van der Waals surface area contributed by atoms with Crippen LogP contribution in [0.5, 0.6) is 5.75 Å². The second kappa shape index (κ2) is 11.8. The van der Waals surface area contributed by atoms with E-state index in [4.69, 9.17) is 16.3 Å². The number of hydrogen-bond acceptors (Lipinski definition) is 6. The highest BCUT2D eigenvalue weighted by molar-refractivity contribution is 7.98. The summed E-state index contributed by atoms with van der Waals surface area (Å²) in [6.45, 7) is 2.58. The Morgan fingerprint density at radius 2 is 1.88 bits per heavy atom. The van der Waals surface area contributed by atoms with Gasteiger partial charge in [-0.05, 0) is 36.6 Å². The van der Waals surface area contributed by atoms with Crippen LogP contribution >= 0.6 is 23.4 Å². The Morgan fingerprint density at radius 3 is 2.57 bits per heavy atom. The molecule has 224 valence electrons. The van der Waals surface area contributed by atoms with E-state index in [1.165, 1.54) is 10.9 Å². The number of nitrogens with zero attached hydrogens (tertiary/aromatic N) is 4. The molecule has 0 spiro atoms. The number of carbonyl (C=O) groups is 1. The van der Waals surface area contributed by atoms with Crippen LogP contribution in [-0.2, 0) is 5.75 Å². The average molecular weight is 621 g/mol. The Bertz CT molecular complexity index is 1560. The van der Waals surface area contributed by atoms with E-state index >= 15 is 0 Å². The lowest BCUT2D eigenvalue weighted by Gasteiger charge is -2.46. The van der Waals surface area contributed by atoms with Gasteiger partial charge in [0.05, 0.1) is 6.61 Å². The Hall–Kier alpha value is -3.31. The number of carbonyl (C=O) groups excluding carboxylic acids is 1. The monoisotopic (exact) mass is 620 g/mol. The van der Waals surface area contributed by atoms with Gasteiger partial charge >= 0.3 is 6.18 Å². The normalized spacial score (nSPS) is 17.2. The number of unbranched alkanes of at least 4 members (excludes halogenated alkanes) is 1. The summed E-state index contributed by atoms with van der Waals surface area (Å²) in [5, 5.41) is 1.49. The van der Waals surface area contributed by atoms with Gasteiger partial charge in [0, 0.05) is 42.2 Å². The van der Waals surface area contributed by atoms with Crippen LogP contribution in [0.1, 0.15) is 59.9 Å². The highest BCUT2D eigenvalue weighted by Gasteiger charge is 2.48. The third kappa shape index (κ3) is 5.32. The van der Waals surface area contributed by atoms with Crippen LogP contribution < -0.4 is 20.1 Å². The molecular weight excluding hydrogens is 589 g/mol. The van der Waals surface area contributed by atoms with Crippen LogP contribution in [0.3, 0.4) is 0 Å². The minimum Gasteiger partial charge on any atom is -0.487 e. The molecule has 12 heteroatoms. The molecule has 5 rings (SSSR count). The quantitative estimate of drug-likeness (QED) is 0.283. The van der Waals surface area contributed by atoms with E-state index in [-0.39, 0.29) is 23.1 Å². The number of pyridine rings is 1. The molecular formula is C30H32ClF3N4O3S. The molecule has 0 unspecified atom stereocenters. The van der Waals surface area contributed by atoms with Gasteiger partial charge in [-0.2, -0.15) is 13.2 Å². The Balaban J connectivity index is 1.83. The number of halogens is 4. The number of rotatable bonds is 7. The van der Waals surface area contributed by atoms with E-state index in [0.717, 1.165) is 45.5 Å². The van der Waals surface area contributed by atoms with E-state index in [0.29, 0.717) is 12.2 Å². The molecule has 42 heavy (non-hydrogen) atoms. The summed E-state index contributed by atoms with van der Waals surface area (Å²) in [4.78, 5) is 30.8. The lowest BCUT2D eigenvalue weighted by atomic mass is 9.92. The molecule has 7 nitrogen and oxygen atoms in total. The fraction of sp³-hybridized carbons (Fsp3) is 0.400. The summed E-state index contributed by atoms with van der Waals surface area (Å²) in [6, 6.07) is 10.9. The molecule has 3 heterocycles. The number of alkyl halides is 3. The summed E-state index contributed by atoms with van der Waals surface area (Å²) in [5.41, 5.74) is 2.63. The second-order valence-electron chi connectivity index (χ2n) is 10.6. The fourth-order valence-corrected chi connectivity index (χ4v) is 6.66. The average Bonchev–Trinajstić information content (AvgIpc) is 3.11. The largest absolute Gasteiger partial charge is 0.487 e. The topological polar surface area (TPSA) is 58.0 Å². The number of anilines is 1. The van der Waals surface area contributed by atoms with Crippen LogP contribution in [0.25, 0.3) is 0 Å². The van der Waals surface area contributed by atoms with Crippen LogP contribution in [0.15, 0.2) is 58.4 Å². The van der Waals surface area contributed by atoms with Crippen molar-refractivity contribution in [2.75, 3.05) is 37.3 Å². The number of hydrogen-bond donors (Lipinski definition) is 0. The van der Waals surface area contributed by atoms with E-state index < -0.39 is 36.3 Å². The predicted octanol–water partition coefficient (Wildman–Crippen LogP) is 6.44. The Kier molecular flexibility index (Phi) is 8.44. The number of fused-ring (bicyclic) bond motifs is 3. The lowest BCUT2D eigenvalue weighted by molar-refractivity contribution is -0.173. The van der Waals surface area contributed by atoms with E-state index in [1.807, 2.05) is 68.4 Å². The minimum absolute atomic E-state index is 0.109. The summed E-state index contributed by atoms with van der Waals surface area (Å²) in [6.07, 6.45) is -2.05. The number of amides is 1. The molecule has 0 saturated carbocycles. The highest BCUT2D eigenvalue weighted by Crippen LogP contribution is 2.46. The van der Waals surface area contributed by atoms with Gasteiger partial charge in [0.1, 0.15) is 23.8 Å². The first-order valence-corrected chi connectivity index (χ1v) is 15.0. The van der Waals surface area contributed by atoms with Crippen molar-refractivity contribution in [3.63, 3.8) is 0 Å². The number of thioether (sulfide) groups is 1. The summed E-state index contributed by atoms with van der Waals surface area (Å²) >= 11 is 8.08. The van der Waals surface area contributed by atoms with Crippen molar-refractivity contribution in [3.8, 4) is 5.75 Å². The van der Waals surface area contributed by atoms with Crippen molar-refractivity contribution in [3.05, 3.63) is 86.3 Å². The van der Waals surface area contributed by atoms with Gasteiger partial charge in [0.25, 0.3) is 5.91 Å². The zero-order chi connectivity index (χ0) is 30.3. The maximum Gasteiger partial charge on any atom is 0.408 e. The molecule has 0 saturated heterocycles. The summed E-state index contributed by atoms with van der Waals surface area (Å²) in [7, 11) is 3.82. The van der Waals surface area contributed by atoms with Crippen molar-refractivity contribution in [1.82, 2.24) is 9.58 Å². The zero-order valence-electron chi connectivity index (χ0n) is 23.7. The summed E-state index contributed by atoms with van der Waals surface area (Å²) < 4.78 is 49.9. The molecule has 0 aliphatic carbocycles. The Labute approximate surface area is 251 Å². The maximum atomic E-state index is 14.2. The zero-order valence-corrected chi connectivity index (χ0v) is 25.3. The fourth-order valence-electron chi connectivity index (χ4n) is 5.40. The molecule has 2 atom stereocenters.